The Bertz CT molecular complexity index is 715. The highest BCUT2D eigenvalue weighted by molar-refractivity contribution is 9.10. The Hall–Kier alpha value is -2.01. The van der Waals surface area contributed by atoms with Gasteiger partial charge in [-0.25, -0.2) is 0 Å². The molecule has 3 rings (SSSR count). The van der Waals surface area contributed by atoms with Crippen molar-refractivity contribution >= 4 is 33.2 Å². The van der Waals surface area contributed by atoms with Crippen molar-refractivity contribution in [3.05, 3.63) is 57.6 Å². The molecule has 0 fully saturated rings. The first kappa shape index (κ1) is 13.9. The standard InChI is InChI=1S/C16H16BrN3O/c17-12-4-2-6-14(15(12)16(19)21)20-8-7-11-10(9-20)3-1-5-13(11)18/h1-6H,7-9,18H2,(H2,19,21). The van der Waals surface area contributed by atoms with Gasteiger partial charge < -0.3 is 16.4 Å². The smallest absolute Gasteiger partial charge is 0.251 e. The number of primary amides is 1. The van der Waals surface area contributed by atoms with Crippen molar-refractivity contribution in [1.29, 1.82) is 0 Å². The fraction of sp³-hybridized carbons (Fsp3) is 0.188. The lowest BCUT2D eigenvalue weighted by Crippen LogP contribution is -2.32. The number of benzene rings is 2. The highest BCUT2D eigenvalue weighted by atomic mass is 79.9. The molecule has 4 N–H and O–H groups in total. The third kappa shape index (κ3) is 2.49. The van der Waals surface area contributed by atoms with Gasteiger partial charge in [0.25, 0.3) is 5.91 Å². The van der Waals surface area contributed by atoms with E-state index < -0.39 is 5.91 Å². The van der Waals surface area contributed by atoms with Crippen LogP contribution in [0.15, 0.2) is 40.9 Å². The second kappa shape index (κ2) is 5.41. The maximum Gasteiger partial charge on any atom is 0.251 e. The first-order valence-electron chi connectivity index (χ1n) is 6.77. The number of nitrogens with two attached hydrogens (primary N) is 2. The predicted molar refractivity (Wildman–Crippen MR) is 88.3 cm³/mol. The topological polar surface area (TPSA) is 72.4 Å². The molecule has 4 nitrogen and oxygen atoms in total. The van der Waals surface area contributed by atoms with E-state index in [1.54, 1.807) is 0 Å². The van der Waals surface area contributed by atoms with Gasteiger partial charge >= 0.3 is 0 Å². The molecule has 0 spiro atoms. The van der Waals surface area contributed by atoms with Crippen LogP contribution in [-0.2, 0) is 13.0 Å². The van der Waals surface area contributed by atoms with Crippen molar-refractivity contribution < 1.29 is 4.79 Å². The molecule has 0 saturated carbocycles. The monoisotopic (exact) mass is 345 g/mol. The normalized spacial score (nSPS) is 13.9. The molecule has 2 aromatic rings. The van der Waals surface area contributed by atoms with E-state index in [1.807, 2.05) is 30.3 Å². The van der Waals surface area contributed by atoms with E-state index in [9.17, 15) is 4.79 Å². The summed E-state index contributed by atoms with van der Waals surface area (Å²) in [7, 11) is 0. The maximum absolute atomic E-state index is 11.7. The van der Waals surface area contributed by atoms with Crippen molar-refractivity contribution in [3.8, 4) is 0 Å². The van der Waals surface area contributed by atoms with Gasteiger partial charge in [-0.3, -0.25) is 4.79 Å². The summed E-state index contributed by atoms with van der Waals surface area (Å²) in [6.45, 7) is 1.55. The molecule has 5 heteroatoms. The summed E-state index contributed by atoms with van der Waals surface area (Å²) in [6.07, 6.45) is 0.868. The lowest BCUT2D eigenvalue weighted by Gasteiger charge is -2.32. The Morgan fingerprint density at radius 2 is 1.95 bits per heavy atom. The largest absolute Gasteiger partial charge is 0.398 e. The van der Waals surface area contributed by atoms with Crippen molar-refractivity contribution in [2.75, 3.05) is 17.2 Å². The van der Waals surface area contributed by atoms with E-state index in [0.29, 0.717) is 5.56 Å². The third-order valence-corrected chi connectivity index (χ3v) is 4.54. The fourth-order valence-corrected chi connectivity index (χ4v) is 3.42. The van der Waals surface area contributed by atoms with E-state index >= 15 is 0 Å². The van der Waals surface area contributed by atoms with Crippen LogP contribution in [0.4, 0.5) is 11.4 Å². The van der Waals surface area contributed by atoms with Crippen LogP contribution in [0.3, 0.4) is 0 Å². The van der Waals surface area contributed by atoms with Gasteiger partial charge in [-0.05, 0) is 51.7 Å². The van der Waals surface area contributed by atoms with Crippen LogP contribution >= 0.6 is 15.9 Å². The summed E-state index contributed by atoms with van der Waals surface area (Å²) in [5, 5.41) is 0. The number of anilines is 2. The molecule has 0 bridgehead atoms. The molecule has 0 unspecified atom stereocenters. The predicted octanol–water partition coefficient (Wildman–Crippen LogP) is 2.69. The van der Waals surface area contributed by atoms with Crippen LogP contribution in [0.2, 0.25) is 0 Å². The fourth-order valence-electron chi connectivity index (χ4n) is 2.86. The Balaban J connectivity index is 2.01. The van der Waals surface area contributed by atoms with Crippen LogP contribution in [0.25, 0.3) is 0 Å². The maximum atomic E-state index is 11.7. The van der Waals surface area contributed by atoms with E-state index in [1.165, 1.54) is 11.1 Å². The number of halogens is 1. The first-order chi connectivity index (χ1) is 10.1. The number of carbonyl (C=O) groups is 1. The number of hydrogen-bond acceptors (Lipinski definition) is 3. The minimum Gasteiger partial charge on any atom is -0.398 e. The van der Waals surface area contributed by atoms with E-state index in [2.05, 4.69) is 26.9 Å². The number of amides is 1. The average molecular weight is 346 g/mol. The number of fused-ring (bicyclic) bond motifs is 1. The number of carbonyl (C=O) groups excluding carboxylic acids is 1. The summed E-state index contributed by atoms with van der Waals surface area (Å²) >= 11 is 3.41. The summed E-state index contributed by atoms with van der Waals surface area (Å²) < 4.78 is 0.728. The number of hydrogen-bond donors (Lipinski definition) is 2. The summed E-state index contributed by atoms with van der Waals surface area (Å²) in [5.41, 5.74) is 16.2. The van der Waals surface area contributed by atoms with Gasteiger partial charge in [0.2, 0.25) is 0 Å². The van der Waals surface area contributed by atoms with Gasteiger partial charge in [0.15, 0.2) is 0 Å². The van der Waals surface area contributed by atoms with E-state index in [0.717, 1.165) is 35.4 Å². The summed E-state index contributed by atoms with van der Waals surface area (Å²) in [4.78, 5) is 13.9. The van der Waals surface area contributed by atoms with Crippen LogP contribution in [0.1, 0.15) is 21.5 Å². The molecule has 1 heterocycles. The first-order valence-corrected chi connectivity index (χ1v) is 7.56. The quantitative estimate of drug-likeness (QED) is 0.822. The molecule has 1 aliphatic heterocycles. The molecule has 1 aliphatic rings. The van der Waals surface area contributed by atoms with Crippen molar-refractivity contribution in [2.24, 2.45) is 5.73 Å². The Kier molecular flexibility index (Phi) is 3.59. The molecule has 2 aromatic carbocycles. The molecule has 0 aromatic heterocycles. The van der Waals surface area contributed by atoms with Gasteiger partial charge in [0, 0.05) is 23.2 Å². The van der Waals surface area contributed by atoms with Crippen LogP contribution in [0, 0.1) is 0 Å². The zero-order valence-electron chi connectivity index (χ0n) is 11.5. The van der Waals surface area contributed by atoms with Gasteiger partial charge in [-0.1, -0.05) is 18.2 Å². The molecule has 0 radical (unpaired) electrons. The molecule has 0 saturated heterocycles. The van der Waals surface area contributed by atoms with Crippen LogP contribution in [-0.4, -0.2) is 12.5 Å². The number of nitrogen functional groups attached to an aromatic ring is 1. The van der Waals surface area contributed by atoms with Gasteiger partial charge in [-0.15, -0.1) is 0 Å². The second-order valence-corrected chi connectivity index (χ2v) is 6.01. The van der Waals surface area contributed by atoms with E-state index in [4.69, 9.17) is 11.5 Å². The minimum absolute atomic E-state index is 0.421. The summed E-state index contributed by atoms with van der Waals surface area (Å²) in [5.74, 6) is -0.421. The Morgan fingerprint density at radius 3 is 2.71 bits per heavy atom. The summed E-state index contributed by atoms with van der Waals surface area (Å²) in [6, 6.07) is 11.7. The molecule has 21 heavy (non-hydrogen) atoms. The highest BCUT2D eigenvalue weighted by Crippen LogP contribution is 2.32. The van der Waals surface area contributed by atoms with Crippen LogP contribution < -0.4 is 16.4 Å². The molecule has 0 atom stereocenters. The van der Waals surface area contributed by atoms with Crippen molar-refractivity contribution in [3.63, 3.8) is 0 Å². The van der Waals surface area contributed by atoms with Crippen LogP contribution in [0.5, 0.6) is 0 Å². The minimum atomic E-state index is -0.421. The van der Waals surface area contributed by atoms with Crippen molar-refractivity contribution in [2.45, 2.75) is 13.0 Å². The van der Waals surface area contributed by atoms with Gasteiger partial charge in [0.05, 0.1) is 11.3 Å². The number of rotatable bonds is 2. The van der Waals surface area contributed by atoms with E-state index in [-0.39, 0.29) is 0 Å². The zero-order chi connectivity index (χ0) is 15.0. The molecular formula is C16H16BrN3O. The van der Waals surface area contributed by atoms with Gasteiger partial charge in [0.1, 0.15) is 0 Å². The Morgan fingerprint density at radius 1 is 1.19 bits per heavy atom. The average Bonchev–Trinajstić information content (AvgIpc) is 2.46. The lowest BCUT2D eigenvalue weighted by molar-refractivity contribution is 0.1000. The highest BCUT2D eigenvalue weighted by Gasteiger charge is 2.22. The zero-order valence-corrected chi connectivity index (χ0v) is 13.1. The lowest BCUT2D eigenvalue weighted by atomic mass is 9.97. The molecule has 1 amide bonds. The molecular weight excluding hydrogens is 330 g/mol. The molecule has 0 aliphatic carbocycles. The third-order valence-electron chi connectivity index (χ3n) is 3.88. The SMILES string of the molecule is NC(=O)c1c(Br)cccc1N1CCc2c(N)cccc2C1. The van der Waals surface area contributed by atoms with Crippen molar-refractivity contribution in [1.82, 2.24) is 0 Å². The molecule has 108 valence electrons. The van der Waals surface area contributed by atoms with Gasteiger partial charge in [-0.2, -0.15) is 0 Å². The second-order valence-electron chi connectivity index (χ2n) is 5.15. The number of nitrogens with zero attached hydrogens (tertiary/aromatic N) is 1. The Labute approximate surface area is 131 Å².